The van der Waals surface area contributed by atoms with E-state index >= 15 is 0 Å². The Balaban J connectivity index is 0.000000377. The molecular formula is C72H89N15O6. The van der Waals surface area contributed by atoms with Crippen LogP contribution in [0.25, 0.3) is 33.8 Å². The molecule has 3 saturated heterocycles. The van der Waals surface area contributed by atoms with E-state index in [-0.39, 0.29) is 62.5 Å². The second-order valence-corrected chi connectivity index (χ2v) is 23.1. The van der Waals surface area contributed by atoms with Gasteiger partial charge in [-0.15, -0.1) is 0 Å². The number of para-hydroxylation sites is 3. The molecule has 6 heterocycles. The average molecular weight is 1260 g/mol. The molecule has 6 amide bonds. The second kappa shape index (κ2) is 30.8. The number of hydrogen-bond donors (Lipinski definition) is 4. The minimum atomic E-state index is -0.307. The van der Waals surface area contributed by atoms with Crippen molar-refractivity contribution in [2.75, 3.05) is 103 Å². The number of likely N-dealkylation sites (N-methyl/N-ethyl adjacent to an activating group) is 2. The zero-order valence-corrected chi connectivity index (χ0v) is 53.0. The molecule has 1 atom stereocenters. The maximum atomic E-state index is 12.9. The molecule has 21 heteroatoms. The van der Waals surface area contributed by atoms with Crippen molar-refractivity contribution >= 4 is 52.5 Å². The summed E-state index contributed by atoms with van der Waals surface area (Å²) >= 11 is 0. The Morgan fingerprint density at radius 2 is 0.753 bits per heavy atom. The van der Waals surface area contributed by atoms with Crippen molar-refractivity contribution in [2.45, 2.75) is 33.2 Å². The lowest BCUT2D eigenvalue weighted by Crippen LogP contribution is -2.47. The lowest BCUT2D eigenvalue weighted by molar-refractivity contribution is 0.0662. The topological polar surface area (TPSA) is 244 Å². The van der Waals surface area contributed by atoms with Gasteiger partial charge in [-0.05, 0) is 121 Å². The first-order chi connectivity index (χ1) is 45.0. The number of piperazine rings is 2. The highest BCUT2D eigenvalue weighted by atomic mass is 16.2. The molecule has 3 aliphatic rings. The lowest BCUT2D eigenvalue weighted by Gasteiger charge is -2.32. The molecule has 0 radical (unpaired) electrons. The molecular weight excluding hydrogens is 1170 g/mol. The van der Waals surface area contributed by atoms with Crippen LogP contribution in [0.4, 0.5) is 17.1 Å². The molecule has 6 aromatic carbocycles. The van der Waals surface area contributed by atoms with Gasteiger partial charge in [-0.25, -0.2) is 15.0 Å². The van der Waals surface area contributed by atoms with Gasteiger partial charge in [0.25, 0.3) is 35.4 Å². The van der Waals surface area contributed by atoms with E-state index in [2.05, 4.69) is 68.0 Å². The second-order valence-electron chi connectivity index (χ2n) is 23.1. The number of aryl methyl sites for hydroxylation is 3. The number of carbonyl (C=O) groups is 6. The first kappa shape index (κ1) is 65.2. The van der Waals surface area contributed by atoms with Gasteiger partial charge in [0, 0.05) is 132 Å². The predicted molar refractivity (Wildman–Crippen MR) is 375 cm³/mol. The number of aromatic nitrogens is 6. The molecule has 0 unspecified atom stereocenters. The Kier molecular flexibility index (Phi) is 21.6. The van der Waals surface area contributed by atoms with E-state index in [1.807, 2.05) is 168 Å². The summed E-state index contributed by atoms with van der Waals surface area (Å²) in [6.45, 7) is 13.1. The van der Waals surface area contributed by atoms with Crippen molar-refractivity contribution in [2.24, 2.45) is 0 Å². The lowest BCUT2D eigenvalue weighted by atomic mass is 10.1. The number of anilines is 3. The van der Waals surface area contributed by atoms with E-state index < -0.39 is 0 Å². The van der Waals surface area contributed by atoms with Crippen LogP contribution in [0.1, 0.15) is 96.0 Å². The first-order valence-electron chi connectivity index (χ1n) is 30.9. The summed E-state index contributed by atoms with van der Waals surface area (Å²) in [4.78, 5) is 113. The van der Waals surface area contributed by atoms with E-state index in [9.17, 15) is 28.8 Å². The number of carbonyl (C=O) groups excluding carboxylic acids is 6. The third kappa shape index (κ3) is 17.0. The SMILES string of the molecule is Cc1ncc(-c2ccc(C(=O)N3CCN(C)CC3)cc2)nc1C(=O)Nc1ccccc1.Cc1ncc(-c2ccc(C(=O)N3CCNCC3)cc2)nc1C(=O)Nc1ccccc1.Cc1ncc(-c2ccc(C(=O)N3CC[C@@H](N(C)C)C3)cc2)nc1C(=O)Nc1ccccc1.[HH].[HH].[HH].[HH].[HH].[HH].[HH]. The maximum absolute atomic E-state index is 12.9. The maximum Gasteiger partial charge on any atom is 0.276 e. The smallest absolute Gasteiger partial charge is 0.276 e. The van der Waals surface area contributed by atoms with Crippen LogP contribution in [0.3, 0.4) is 0 Å². The monoisotopic (exact) mass is 1260 g/mol. The van der Waals surface area contributed by atoms with Gasteiger partial charge in [0.2, 0.25) is 0 Å². The normalized spacial score (nSPS) is 14.6. The fraction of sp³-hybridized carbons (Fsp3) is 0.250. The number of amides is 6. The zero-order chi connectivity index (χ0) is 65.4. The zero-order valence-electron chi connectivity index (χ0n) is 53.0. The van der Waals surface area contributed by atoms with Crippen molar-refractivity contribution in [3.8, 4) is 33.8 Å². The Labute approximate surface area is 551 Å². The summed E-state index contributed by atoms with van der Waals surface area (Å²) in [5.74, 6) is -0.810. The minimum absolute atomic E-state index is 0. The predicted octanol–water partition coefficient (Wildman–Crippen LogP) is 11.0. The fourth-order valence-electron chi connectivity index (χ4n) is 10.7. The molecule has 3 aliphatic heterocycles. The summed E-state index contributed by atoms with van der Waals surface area (Å²) in [7, 11) is 6.16. The third-order valence-corrected chi connectivity index (χ3v) is 16.3. The summed E-state index contributed by atoms with van der Waals surface area (Å²) in [5, 5.41) is 11.8. The molecule has 21 nitrogen and oxygen atoms in total. The van der Waals surface area contributed by atoms with Gasteiger partial charge in [0.15, 0.2) is 0 Å². The van der Waals surface area contributed by atoms with Crippen LogP contribution >= 0.6 is 0 Å². The standard InChI is InChI=1S/C25H27N5O2.C24H25N5O2.C23H23N5O2.7H2/c1-17-23(24(31)27-20-7-5-4-6-8-20)28-22(15-26-17)18-9-11-19(12-10-18)25(32)30-14-13-21(16-30)29(2)3;1-17-22(23(30)26-20-6-4-3-5-7-20)27-21(16-25-17)18-8-10-19(11-9-18)24(31)29-14-12-28(2)13-15-29;1-16-21(22(29)26-19-5-3-2-4-6-19)27-20(15-25-16)17-7-9-18(10-8-17)23(30)28-13-11-24-12-14-28;;;;;;;/h4-12,15,21H,13-14,16H2,1-3H3,(H,27,31);3-11,16H,12-15H2,1-2H3,(H,26,30);2-10,15,24H,11-14H2,1H3,(H,26,29);7*1H/t21-;;;;;;;;;/m1........./s1. The Hall–Kier alpha value is -10.7. The quantitative estimate of drug-likeness (QED) is 0.0839. The molecule has 488 valence electrons. The number of hydrogen-bond acceptors (Lipinski definition) is 15. The van der Waals surface area contributed by atoms with Crippen molar-refractivity contribution in [1.29, 1.82) is 0 Å². The Morgan fingerprint density at radius 1 is 0.430 bits per heavy atom. The van der Waals surface area contributed by atoms with Crippen LogP contribution in [0, 0.1) is 20.8 Å². The molecule has 0 bridgehead atoms. The summed E-state index contributed by atoms with van der Waals surface area (Å²) in [5.41, 5.74) is 10.7. The van der Waals surface area contributed by atoms with Gasteiger partial charge in [-0.2, -0.15) is 0 Å². The average Bonchev–Trinajstić information content (AvgIpc) is 0.918. The minimum Gasteiger partial charge on any atom is -0.337 e. The van der Waals surface area contributed by atoms with Crippen molar-refractivity contribution < 1.29 is 38.8 Å². The van der Waals surface area contributed by atoms with Crippen molar-refractivity contribution in [1.82, 2.24) is 59.7 Å². The highest BCUT2D eigenvalue weighted by Crippen LogP contribution is 2.25. The summed E-state index contributed by atoms with van der Waals surface area (Å²) < 4.78 is 0. The Morgan fingerprint density at radius 3 is 1.08 bits per heavy atom. The molecule has 0 spiro atoms. The van der Waals surface area contributed by atoms with Crippen LogP contribution in [-0.2, 0) is 0 Å². The van der Waals surface area contributed by atoms with Gasteiger partial charge < -0.3 is 45.8 Å². The van der Waals surface area contributed by atoms with Crippen LogP contribution < -0.4 is 21.3 Å². The number of nitrogens with zero attached hydrogens (tertiary/aromatic N) is 11. The first-order valence-corrected chi connectivity index (χ1v) is 30.9. The van der Waals surface area contributed by atoms with Gasteiger partial charge in [0.1, 0.15) is 17.1 Å². The molecule has 3 fully saturated rings. The molecule has 3 aromatic heterocycles. The Bertz CT molecular complexity index is 4110. The number of benzene rings is 6. The number of nitrogens with one attached hydrogen (secondary N) is 4. The van der Waals surface area contributed by atoms with Crippen molar-refractivity contribution in [3.05, 3.63) is 233 Å². The van der Waals surface area contributed by atoms with Crippen LogP contribution in [-0.4, -0.2) is 182 Å². The fourth-order valence-corrected chi connectivity index (χ4v) is 10.7. The summed E-state index contributed by atoms with van der Waals surface area (Å²) in [6.07, 6.45) is 5.92. The third-order valence-electron chi connectivity index (χ3n) is 16.3. The van der Waals surface area contributed by atoms with Crippen LogP contribution in [0.2, 0.25) is 0 Å². The molecule has 4 N–H and O–H groups in total. The van der Waals surface area contributed by atoms with E-state index in [1.54, 1.807) is 63.6 Å². The van der Waals surface area contributed by atoms with Gasteiger partial charge in [0.05, 0.1) is 52.8 Å². The molecule has 0 aliphatic carbocycles. The van der Waals surface area contributed by atoms with E-state index in [0.29, 0.717) is 87.0 Å². The van der Waals surface area contributed by atoms with Crippen LogP contribution in [0.5, 0.6) is 0 Å². The molecule has 93 heavy (non-hydrogen) atoms. The highest BCUT2D eigenvalue weighted by molar-refractivity contribution is 6.05. The van der Waals surface area contributed by atoms with Gasteiger partial charge in [-0.3, -0.25) is 43.7 Å². The van der Waals surface area contributed by atoms with E-state index in [4.69, 9.17) is 0 Å². The number of rotatable bonds is 13. The molecule has 0 saturated carbocycles. The van der Waals surface area contributed by atoms with E-state index in [1.165, 1.54) is 0 Å². The highest BCUT2D eigenvalue weighted by Gasteiger charge is 2.29. The van der Waals surface area contributed by atoms with Crippen LogP contribution in [0.15, 0.2) is 182 Å². The van der Waals surface area contributed by atoms with Gasteiger partial charge >= 0.3 is 0 Å². The largest absolute Gasteiger partial charge is 0.337 e. The van der Waals surface area contributed by atoms with E-state index in [0.717, 1.165) is 75.5 Å². The molecule has 9 aromatic rings. The summed E-state index contributed by atoms with van der Waals surface area (Å²) in [6, 6.07) is 50.0. The molecule has 12 rings (SSSR count). The van der Waals surface area contributed by atoms with Crippen molar-refractivity contribution in [3.63, 3.8) is 0 Å². The van der Waals surface area contributed by atoms with Gasteiger partial charge in [-0.1, -0.05) is 91.0 Å². The number of likely N-dealkylation sites (tertiary alicyclic amines) is 1.